The number of ketones is 1. The number of nitrogens with one attached hydrogen (secondary N) is 2. The zero-order chi connectivity index (χ0) is 21.4. The Morgan fingerprint density at radius 2 is 1.58 bits per heavy atom. The van der Waals surface area contributed by atoms with Crippen molar-refractivity contribution in [1.82, 2.24) is 0 Å². The normalized spacial score (nSPS) is 22.2. The summed E-state index contributed by atoms with van der Waals surface area (Å²) in [6.07, 6.45) is 2.58. The number of fused-ring (bicyclic) bond motifs is 2. The van der Waals surface area contributed by atoms with Gasteiger partial charge in [-0.3, -0.25) is 4.79 Å². The van der Waals surface area contributed by atoms with Crippen LogP contribution in [0, 0.1) is 11.7 Å². The van der Waals surface area contributed by atoms with Crippen LogP contribution in [0.15, 0.2) is 84.6 Å². The van der Waals surface area contributed by atoms with Crippen molar-refractivity contribution in [1.29, 1.82) is 0 Å². The molecule has 3 aromatic rings. The molecule has 0 spiro atoms. The number of rotatable bonds is 3. The number of carbonyl (C=O) groups is 1. The standard InChI is InChI=1S/C26H23FN2O2/c1-31-20-12-8-16(9-13-20)18-14-23-25(24(30)15-18)26(17-6-10-19(27)11-7-17)29-22-5-3-2-4-21(22)28-23/h2-14,18,25-26,28-29H,15H2,1H3. The third kappa shape index (κ3) is 3.67. The Labute approximate surface area is 180 Å². The molecule has 31 heavy (non-hydrogen) atoms. The second-order valence-corrected chi connectivity index (χ2v) is 7.99. The molecule has 0 aromatic heterocycles. The lowest BCUT2D eigenvalue weighted by Gasteiger charge is -2.32. The zero-order valence-electron chi connectivity index (χ0n) is 17.1. The van der Waals surface area contributed by atoms with Gasteiger partial charge in [0, 0.05) is 18.0 Å². The molecule has 3 atom stereocenters. The van der Waals surface area contributed by atoms with Crippen molar-refractivity contribution >= 4 is 17.2 Å². The van der Waals surface area contributed by atoms with Crippen molar-refractivity contribution in [3.8, 4) is 5.75 Å². The molecule has 156 valence electrons. The molecular formula is C26H23FN2O2. The summed E-state index contributed by atoms with van der Waals surface area (Å²) in [6.45, 7) is 0. The average Bonchev–Trinajstić information content (AvgIpc) is 2.96. The fourth-order valence-corrected chi connectivity index (χ4v) is 4.52. The number of allylic oxidation sites excluding steroid dienone is 1. The van der Waals surface area contributed by atoms with Gasteiger partial charge in [0.25, 0.3) is 0 Å². The van der Waals surface area contributed by atoms with Gasteiger partial charge in [0.1, 0.15) is 17.3 Å². The van der Waals surface area contributed by atoms with Crippen molar-refractivity contribution in [2.24, 2.45) is 5.92 Å². The van der Waals surface area contributed by atoms with E-state index in [0.29, 0.717) is 6.42 Å². The maximum atomic E-state index is 13.6. The number of para-hydroxylation sites is 2. The number of anilines is 2. The Morgan fingerprint density at radius 3 is 2.29 bits per heavy atom. The molecule has 5 heteroatoms. The minimum Gasteiger partial charge on any atom is -0.497 e. The SMILES string of the molecule is COc1ccc(C2C=C3Nc4ccccc4NC(c4ccc(F)cc4)C3C(=O)C2)cc1. The summed E-state index contributed by atoms with van der Waals surface area (Å²) in [5.74, 6) is 0.254. The van der Waals surface area contributed by atoms with Gasteiger partial charge in [-0.1, -0.05) is 42.5 Å². The molecule has 0 radical (unpaired) electrons. The zero-order valence-corrected chi connectivity index (χ0v) is 17.1. The Bertz CT molecular complexity index is 1140. The maximum absolute atomic E-state index is 13.6. The summed E-state index contributed by atoms with van der Waals surface area (Å²) in [4.78, 5) is 13.5. The Balaban J connectivity index is 1.58. The van der Waals surface area contributed by atoms with Gasteiger partial charge in [-0.05, 0) is 47.5 Å². The van der Waals surface area contributed by atoms with Gasteiger partial charge >= 0.3 is 0 Å². The molecular weight excluding hydrogens is 391 g/mol. The van der Waals surface area contributed by atoms with Gasteiger partial charge in [-0.15, -0.1) is 0 Å². The highest BCUT2D eigenvalue weighted by Crippen LogP contribution is 2.44. The fraction of sp³-hybridized carbons (Fsp3) is 0.192. The van der Waals surface area contributed by atoms with Gasteiger partial charge < -0.3 is 15.4 Å². The minimum absolute atomic E-state index is 0.0173. The fourth-order valence-electron chi connectivity index (χ4n) is 4.52. The molecule has 3 aromatic carbocycles. The van der Waals surface area contributed by atoms with Crippen LogP contribution in [0.4, 0.5) is 15.8 Å². The predicted octanol–water partition coefficient (Wildman–Crippen LogP) is 5.67. The summed E-state index contributed by atoms with van der Waals surface area (Å²) in [5.41, 5.74) is 4.68. The molecule has 2 N–H and O–H groups in total. The third-order valence-electron chi connectivity index (χ3n) is 6.11. The largest absolute Gasteiger partial charge is 0.497 e. The van der Waals surface area contributed by atoms with Crippen LogP contribution in [0.2, 0.25) is 0 Å². The number of methoxy groups -OCH3 is 1. The predicted molar refractivity (Wildman–Crippen MR) is 120 cm³/mol. The van der Waals surface area contributed by atoms with Gasteiger partial charge in [0.2, 0.25) is 0 Å². The Morgan fingerprint density at radius 1 is 0.903 bits per heavy atom. The van der Waals surface area contributed by atoms with Crippen LogP contribution in [0.3, 0.4) is 0 Å². The quantitative estimate of drug-likeness (QED) is 0.580. The van der Waals surface area contributed by atoms with Crippen molar-refractivity contribution in [3.63, 3.8) is 0 Å². The van der Waals surface area contributed by atoms with E-state index in [4.69, 9.17) is 4.74 Å². The first-order chi connectivity index (χ1) is 15.1. The van der Waals surface area contributed by atoms with Crippen molar-refractivity contribution in [2.45, 2.75) is 18.4 Å². The number of carbonyl (C=O) groups excluding carboxylic acids is 1. The molecule has 3 unspecified atom stereocenters. The van der Waals surface area contributed by atoms with Crippen LogP contribution in [0.25, 0.3) is 0 Å². The topological polar surface area (TPSA) is 50.4 Å². The molecule has 1 aliphatic carbocycles. The number of Topliss-reactive ketones (excluding diaryl/α,β-unsaturated/α-hetero) is 1. The van der Waals surface area contributed by atoms with Crippen LogP contribution in [0.1, 0.15) is 29.5 Å². The highest BCUT2D eigenvalue weighted by Gasteiger charge is 2.39. The van der Waals surface area contributed by atoms with E-state index in [1.807, 2.05) is 48.5 Å². The van der Waals surface area contributed by atoms with E-state index in [1.54, 1.807) is 19.2 Å². The smallest absolute Gasteiger partial charge is 0.145 e. The van der Waals surface area contributed by atoms with Crippen molar-refractivity contribution in [3.05, 3.63) is 102 Å². The lowest BCUT2D eigenvalue weighted by atomic mass is 9.76. The number of ether oxygens (including phenoxy) is 1. The minimum atomic E-state index is -0.382. The first-order valence-corrected chi connectivity index (χ1v) is 10.4. The van der Waals surface area contributed by atoms with Gasteiger partial charge in [0.05, 0.1) is 30.4 Å². The van der Waals surface area contributed by atoms with Crippen LogP contribution >= 0.6 is 0 Å². The highest BCUT2D eigenvalue weighted by atomic mass is 19.1. The van der Waals surface area contributed by atoms with Gasteiger partial charge in [0.15, 0.2) is 0 Å². The van der Waals surface area contributed by atoms with E-state index in [2.05, 4.69) is 16.7 Å². The first-order valence-electron chi connectivity index (χ1n) is 10.4. The summed E-state index contributed by atoms with van der Waals surface area (Å²) in [6, 6.07) is 21.9. The van der Waals surface area contributed by atoms with E-state index in [1.165, 1.54) is 12.1 Å². The summed E-state index contributed by atoms with van der Waals surface area (Å²) < 4.78 is 18.8. The molecule has 0 fully saturated rings. The Hall–Kier alpha value is -3.60. The summed E-state index contributed by atoms with van der Waals surface area (Å²) >= 11 is 0. The second-order valence-electron chi connectivity index (χ2n) is 7.99. The summed E-state index contributed by atoms with van der Waals surface area (Å²) in [7, 11) is 1.64. The van der Waals surface area contributed by atoms with Crippen molar-refractivity contribution < 1.29 is 13.9 Å². The van der Waals surface area contributed by atoms with Crippen LogP contribution in [-0.4, -0.2) is 12.9 Å². The van der Waals surface area contributed by atoms with Crippen LogP contribution < -0.4 is 15.4 Å². The van der Waals surface area contributed by atoms with Gasteiger partial charge in [-0.25, -0.2) is 4.39 Å². The number of hydrogen-bond donors (Lipinski definition) is 2. The third-order valence-corrected chi connectivity index (χ3v) is 6.11. The highest BCUT2D eigenvalue weighted by molar-refractivity contribution is 5.90. The molecule has 4 nitrogen and oxygen atoms in total. The molecule has 0 bridgehead atoms. The van der Waals surface area contributed by atoms with E-state index in [0.717, 1.165) is 33.9 Å². The van der Waals surface area contributed by atoms with E-state index in [9.17, 15) is 9.18 Å². The summed E-state index contributed by atoms with van der Waals surface area (Å²) in [5, 5.41) is 7.04. The molecule has 0 amide bonds. The molecule has 5 rings (SSSR count). The van der Waals surface area contributed by atoms with Crippen molar-refractivity contribution in [2.75, 3.05) is 17.7 Å². The van der Waals surface area contributed by atoms with E-state index >= 15 is 0 Å². The van der Waals surface area contributed by atoms with E-state index < -0.39 is 0 Å². The lowest BCUT2D eigenvalue weighted by molar-refractivity contribution is -0.122. The second kappa shape index (κ2) is 7.91. The average molecular weight is 414 g/mol. The lowest BCUT2D eigenvalue weighted by Crippen LogP contribution is -2.33. The maximum Gasteiger partial charge on any atom is 0.145 e. The number of halogens is 1. The monoisotopic (exact) mass is 414 g/mol. The molecule has 1 aliphatic heterocycles. The Kier molecular flexibility index (Phi) is 4.94. The van der Waals surface area contributed by atoms with E-state index in [-0.39, 0.29) is 29.5 Å². The number of hydrogen-bond acceptors (Lipinski definition) is 4. The van der Waals surface area contributed by atoms with Gasteiger partial charge in [-0.2, -0.15) is 0 Å². The first kappa shape index (κ1) is 19.4. The molecule has 0 saturated heterocycles. The van der Waals surface area contributed by atoms with Crippen LogP contribution in [0.5, 0.6) is 5.75 Å². The van der Waals surface area contributed by atoms with Crippen LogP contribution in [-0.2, 0) is 4.79 Å². The number of benzene rings is 3. The molecule has 1 heterocycles. The molecule has 0 saturated carbocycles. The molecule has 2 aliphatic rings.